The smallest absolute Gasteiger partial charge is 0.251 e. The summed E-state index contributed by atoms with van der Waals surface area (Å²) in [6.45, 7) is 3.92. The lowest BCUT2D eigenvalue weighted by Crippen LogP contribution is -2.27. The molecule has 98 valence electrons. The lowest BCUT2D eigenvalue weighted by molar-refractivity contribution is 0.0940. The van der Waals surface area contributed by atoms with E-state index in [4.69, 9.17) is 5.73 Å². The van der Waals surface area contributed by atoms with Gasteiger partial charge in [0.25, 0.3) is 5.91 Å². The molecule has 0 aromatic heterocycles. The third-order valence-corrected chi connectivity index (χ3v) is 3.12. The van der Waals surface area contributed by atoms with Gasteiger partial charge in [0, 0.05) is 11.3 Å². The first-order chi connectivity index (χ1) is 9.08. The van der Waals surface area contributed by atoms with Crippen molar-refractivity contribution in [2.75, 3.05) is 5.73 Å². The van der Waals surface area contributed by atoms with E-state index in [1.165, 1.54) is 0 Å². The number of carbonyl (C=O) groups excluding carboxylic acids is 1. The minimum atomic E-state index is -0.116. The zero-order valence-electron chi connectivity index (χ0n) is 11.2. The molecule has 0 aliphatic heterocycles. The zero-order chi connectivity index (χ0) is 13.8. The van der Waals surface area contributed by atoms with E-state index in [2.05, 4.69) is 5.32 Å². The number of hydrogen-bond donors (Lipinski definition) is 2. The number of anilines is 1. The van der Waals surface area contributed by atoms with E-state index in [9.17, 15) is 4.79 Å². The summed E-state index contributed by atoms with van der Waals surface area (Å²) in [6, 6.07) is 15.0. The third-order valence-electron chi connectivity index (χ3n) is 3.12. The first-order valence-electron chi connectivity index (χ1n) is 6.30. The van der Waals surface area contributed by atoms with Gasteiger partial charge in [-0.25, -0.2) is 0 Å². The van der Waals surface area contributed by atoms with Crippen LogP contribution in [0.2, 0.25) is 0 Å². The van der Waals surface area contributed by atoms with Gasteiger partial charge < -0.3 is 11.1 Å². The normalized spacial score (nSPS) is 11.9. The topological polar surface area (TPSA) is 55.1 Å². The van der Waals surface area contributed by atoms with Crippen LogP contribution < -0.4 is 11.1 Å². The molecule has 1 unspecified atom stereocenters. The molecule has 3 nitrogen and oxygen atoms in total. The van der Waals surface area contributed by atoms with Gasteiger partial charge in [-0.2, -0.15) is 0 Å². The summed E-state index contributed by atoms with van der Waals surface area (Å²) < 4.78 is 0. The fourth-order valence-electron chi connectivity index (χ4n) is 1.97. The number of nitrogen functional groups attached to an aromatic ring is 1. The minimum Gasteiger partial charge on any atom is -0.398 e. The van der Waals surface area contributed by atoms with Gasteiger partial charge in [0.1, 0.15) is 0 Å². The Balaban J connectivity index is 2.11. The molecule has 0 aliphatic rings. The van der Waals surface area contributed by atoms with Gasteiger partial charge in [0.05, 0.1) is 6.04 Å². The lowest BCUT2D eigenvalue weighted by atomic mass is 10.1. The number of carbonyl (C=O) groups is 1. The summed E-state index contributed by atoms with van der Waals surface area (Å²) in [6.07, 6.45) is 0. The van der Waals surface area contributed by atoms with Crippen LogP contribution in [0.4, 0.5) is 5.69 Å². The molecule has 0 saturated carbocycles. The van der Waals surface area contributed by atoms with Crippen LogP contribution in [0.25, 0.3) is 0 Å². The number of nitrogens with one attached hydrogen (secondary N) is 1. The number of aryl methyl sites for hydroxylation is 1. The predicted octanol–water partition coefficient (Wildman–Crippen LogP) is 3.07. The van der Waals surface area contributed by atoms with Gasteiger partial charge in [0.2, 0.25) is 0 Å². The van der Waals surface area contributed by atoms with E-state index in [0.717, 1.165) is 11.1 Å². The molecular weight excluding hydrogens is 236 g/mol. The number of amides is 1. The second-order valence-corrected chi connectivity index (χ2v) is 4.69. The number of hydrogen-bond acceptors (Lipinski definition) is 2. The van der Waals surface area contributed by atoms with Crippen molar-refractivity contribution in [3.05, 3.63) is 65.2 Å². The molecule has 2 rings (SSSR count). The molecule has 0 saturated heterocycles. The van der Waals surface area contributed by atoms with Crippen molar-refractivity contribution in [2.45, 2.75) is 19.9 Å². The average Bonchev–Trinajstić information content (AvgIpc) is 2.39. The molecule has 3 heteroatoms. The summed E-state index contributed by atoms with van der Waals surface area (Å²) in [7, 11) is 0. The molecular formula is C16H18N2O. The molecule has 0 radical (unpaired) electrons. The van der Waals surface area contributed by atoms with Crippen LogP contribution in [-0.2, 0) is 0 Å². The van der Waals surface area contributed by atoms with Crippen LogP contribution in [0.3, 0.4) is 0 Å². The Morgan fingerprint density at radius 2 is 1.74 bits per heavy atom. The fourth-order valence-corrected chi connectivity index (χ4v) is 1.97. The average molecular weight is 254 g/mol. The maximum Gasteiger partial charge on any atom is 0.251 e. The third kappa shape index (κ3) is 3.13. The van der Waals surface area contributed by atoms with Gasteiger partial charge in [-0.05, 0) is 37.6 Å². The molecule has 2 aromatic carbocycles. The van der Waals surface area contributed by atoms with Crippen LogP contribution in [0.15, 0.2) is 48.5 Å². The van der Waals surface area contributed by atoms with Crippen LogP contribution in [0.1, 0.15) is 34.5 Å². The predicted molar refractivity (Wildman–Crippen MR) is 77.9 cm³/mol. The second kappa shape index (κ2) is 5.57. The van der Waals surface area contributed by atoms with E-state index in [-0.39, 0.29) is 11.9 Å². The summed E-state index contributed by atoms with van der Waals surface area (Å²) in [5.41, 5.74) is 9.33. The van der Waals surface area contributed by atoms with Crippen molar-refractivity contribution in [1.29, 1.82) is 0 Å². The van der Waals surface area contributed by atoms with Gasteiger partial charge in [-0.3, -0.25) is 4.79 Å². The van der Waals surface area contributed by atoms with Crippen LogP contribution in [0, 0.1) is 6.92 Å². The maximum atomic E-state index is 12.1. The molecule has 0 bridgehead atoms. The molecule has 1 amide bonds. The van der Waals surface area contributed by atoms with E-state index >= 15 is 0 Å². The van der Waals surface area contributed by atoms with Crippen molar-refractivity contribution in [1.82, 2.24) is 5.32 Å². The number of benzene rings is 2. The SMILES string of the molecule is Cc1ccc(C(=O)NC(C)c2ccccc2N)cc1. The van der Waals surface area contributed by atoms with Crippen molar-refractivity contribution >= 4 is 11.6 Å². The Labute approximate surface area is 113 Å². The largest absolute Gasteiger partial charge is 0.398 e. The summed E-state index contributed by atoms with van der Waals surface area (Å²) in [4.78, 5) is 12.1. The van der Waals surface area contributed by atoms with Gasteiger partial charge in [0.15, 0.2) is 0 Å². The Hall–Kier alpha value is -2.29. The Morgan fingerprint density at radius 3 is 2.37 bits per heavy atom. The highest BCUT2D eigenvalue weighted by Crippen LogP contribution is 2.19. The van der Waals surface area contributed by atoms with Crippen LogP contribution >= 0.6 is 0 Å². The standard InChI is InChI=1S/C16H18N2O/c1-11-7-9-13(10-8-11)16(19)18-12(2)14-5-3-4-6-15(14)17/h3-10,12H,17H2,1-2H3,(H,18,19). The Bertz CT molecular complexity index is 576. The van der Waals surface area contributed by atoms with Crippen LogP contribution in [-0.4, -0.2) is 5.91 Å². The van der Waals surface area contributed by atoms with Crippen molar-refractivity contribution in [3.8, 4) is 0 Å². The van der Waals surface area contributed by atoms with Crippen LogP contribution in [0.5, 0.6) is 0 Å². The molecule has 0 heterocycles. The summed E-state index contributed by atoms with van der Waals surface area (Å²) >= 11 is 0. The summed E-state index contributed by atoms with van der Waals surface area (Å²) in [5.74, 6) is -0.0873. The molecule has 1 atom stereocenters. The highest BCUT2D eigenvalue weighted by Gasteiger charge is 2.12. The quantitative estimate of drug-likeness (QED) is 0.827. The van der Waals surface area contributed by atoms with E-state index in [1.807, 2.05) is 62.4 Å². The molecule has 0 aliphatic carbocycles. The molecule has 0 spiro atoms. The Kier molecular flexibility index (Phi) is 3.85. The second-order valence-electron chi connectivity index (χ2n) is 4.69. The van der Waals surface area contributed by atoms with E-state index in [1.54, 1.807) is 0 Å². The molecule has 19 heavy (non-hydrogen) atoms. The van der Waals surface area contributed by atoms with Crippen molar-refractivity contribution in [2.24, 2.45) is 0 Å². The molecule has 2 aromatic rings. The van der Waals surface area contributed by atoms with E-state index in [0.29, 0.717) is 11.3 Å². The number of nitrogens with two attached hydrogens (primary N) is 1. The molecule has 0 fully saturated rings. The maximum absolute atomic E-state index is 12.1. The van der Waals surface area contributed by atoms with Crippen molar-refractivity contribution < 1.29 is 4.79 Å². The minimum absolute atomic E-state index is 0.0873. The van der Waals surface area contributed by atoms with Crippen molar-refractivity contribution in [3.63, 3.8) is 0 Å². The monoisotopic (exact) mass is 254 g/mol. The first kappa shape index (κ1) is 13.1. The lowest BCUT2D eigenvalue weighted by Gasteiger charge is -2.16. The fraction of sp³-hybridized carbons (Fsp3) is 0.188. The highest BCUT2D eigenvalue weighted by molar-refractivity contribution is 5.94. The first-order valence-corrected chi connectivity index (χ1v) is 6.30. The highest BCUT2D eigenvalue weighted by atomic mass is 16.1. The van der Waals surface area contributed by atoms with Gasteiger partial charge in [-0.1, -0.05) is 35.9 Å². The number of para-hydroxylation sites is 1. The Morgan fingerprint density at radius 1 is 1.11 bits per heavy atom. The molecule has 3 N–H and O–H groups in total. The number of rotatable bonds is 3. The summed E-state index contributed by atoms with van der Waals surface area (Å²) in [5, 5.41) is 2.95. The van der Waals surface area contributed by atoms with E-state index < -0.39 is 0 Å². The van der Waals surface area contributed by atoms with Gasteiger partial charge in [-0.15, -0.1) is 0 Å². The zero-order valence-corrected chi connectivity index (χ0v) is 11.2. The van der Waals surface area contributed by atoms with Gasteiger partial charge >= 0.3 is 0 Å².